The molecule has 0 bridgehead atoms. The molecule has 0 aromatic heterocycles. The third-order valence-electron chi connectivity index (χ3n) is 5.33. The lowest BCUT2D eigenvalue weighted by atomic mass is 9.58. The summed E-state index contributed by atoms with van der Waals surface area (Å²) in [6.45, 7) is 0. The maximum Gasteiger partial charge on any atom is 0.138 e. The van der Waals surface area contributed by atoms with Crippen LogP contribution in [-0.4, -0.2) is 19.2 Å². The summed E-state index contributed by atoms with van der Waals surface area (Å²) in [6.07, 6.45) is 8.80. The van der Waals surface area contributed by atoms with Crippen LogP contribution < -0.4 is 10.1 Å². The zero-order valence-electron chi connectivity index (χ0n) is 12.5. The molecule has 2 aliphatic rings. The van der Waals surface area contributed by atoms with Gasteiger partial charge in [0.05, 0.1) is 5.02 Å². The minimum atomic E-state index is -0.321. The molecule has 0 aliphatic heterocycles. The van der Waals surface area contributed by atoms with Gasteiger partial charge in [0.2, 0.25) is 0 Å². The van der Waals surface area contributed by atoms with Gasteiger partial charge in [-0.15, -0.1) is 0 Å². The van der Waals surface area contributed by atoms with Crippen LogP contribution in [0.2, 0.25) is 5.02 Å². The van der Waals surface area contributed by atoms with E-state index in [2.05, 4.69) is 5.32 Å². The number of halogens is 2. The van der Waals surface area contributed by atoms with Gasteiger partial charge in [-0.2, -0.15) is 0 Å². The molecular weight excluding hydrogens is 289 g/mol. The van der Waals surface area contributed by atoms with Crippen LogP contribution in [0.4, 0.5) is 4.39 Å². The van der Waals surface area contributed by atoms with Crippen molar-refractivity contribution in [3.8, 4) is 5.75 Å². The van der Waals surface area contributed by atoms with Crippen LogP contribution in [0.3, 0.4) is 0 Å². The smallest absolute Gasteiger partial charge is 0.138 e. The van der Waals surface area contributed by atoms with E-state index in [4.69, 9.17) is 16.3 Å². The molecule has 3 rings (SSSR count). The lowest BCUT2D eigenvalue weighted by Gasteiger charge is -2.55. The second-order valence-electron chi connectivity index (χ2n) is 6.41. The van der Waals surface area contributed by atoms with E-state index in [0.717, 1.165) is 6.42 Å². The lowest BCUT2D eigenvalue weighted by molar-refractivity contribution is -0.0881. The van der Waals surface area contributed by atoms with Crippen molar-refractivity contribution in [2.75, 3.05) is 7.05 Å². The first-order chi connectivity index (χ1) is 10.2. The zero-order chi connectivity index (χ0) is 14.9. The number of rotatable bonds is 3. The van der Waals surface area contributed by atoms with Crippen LogP contribution in [-0.2, 0) is 0 Å². The average Bonchev–Trinajstić information content (AvgIpc) is 2.72. The summed E-state index contributed by atoms with van der Waals surface area (Å²) >= 11 is 6.10. The van der Waals surface area contributed by atoms with E-state index < -0.39 is 0 Å². The Morgan fingerprint density at radius 3 is 2.57 bits per heavy atom. The molecule has 4 heteroatoms. The summed E-state index contributed by atoms with van der Waals surface area (Å²) < 4.78 is 19.3. The molecule has 116 valence electrons. The number of ether oxygens (including phenoxy) is 1. The number of hydrogen-bond donors (Lipinski definition) is 1. The quantitative estimate of drug-likeness (QED) is 0.883. The molecule has 2 nitrogen and oxygen atoms in total. The summed E-state index contributed by atoms with van der Waals surface area (Å²) in [4.78, 5) is 0. The normalized spacial score (nSPS) is 28.0. The van der Waals surface area contributed by atoms with Crippen LogP contribution in [0.1, 0.15) is 44.9 Å². The minimum Gasteiger partial charge on any atom is -0.488 e. The van der Waals surface area contributed by atoms with E-state index in [9.17, 15) is 4.39 Å². The van der Waals surface area contributed by atoms with Gasteiger partial charge in [0.15, 0.2) is 0 Å². The molecule has 2 unspecified atom stereocenters. The maximum absolute atomic E-state index is 13.1. The van der Waals surface area contributed by atoms with Crippen molar-refractivity contribution in [1.82, 2.24) is 5.32 Å². The molecular formula is C17H23ClFNO. The van der Waals surface area contributed by atoms with Gasteiger partial charge in [0.25, 0.3) is 0 Å². The monoisotopic (exact) mass is 311 g/mol. The molecule has 0 amide bonds. The first-order valence-electron chi connectivity index (χ1n) is 7.95. The molecule has 1 N–H and O–H groups in total. The summed E-state index contributed by atoms with van der Waals surface area (Å²) in [5.41, 5.74) is 0.225. The molecule has 0 heterocycles. The number of hydrogen-bond acceptors (Lipinski definition) is 2. The summed E-state index contributed by atoms with van der Waals surface area (Å²) in [6, 6.07) is 4.91. The molecule has 1 spiro atoms. The van der Waals surface area contributed by atoms with E-state index >= 15 is 0 Å². The van der Waals surface area contributed by atoms with E-state index in [1.807, 2.05) is 7.05 Å². The van der Waals surface area contributed by atoms with Crippen molar-refractivity contribution in [3.05, 3.63) is 29.0 Å². The minimum absolute atomic E-state index is 0.191. The Bertz CT molecular complexity index is 500. The fourth-order valence-corrected chi connectivity index (χ4v) is 4.31. The second-order valence-corrected chi connectivity index (χ2v) is 6.81. The van der Waals surface area contributed by atoms with E-state index in [0.29, 0.717) is 16.8 Å². The van der Waals surface area contributed by atoms with Gasteiger partial charge in [-0.1, -0.05) is 37.3 Å². The van der Waals surface area contributed by atoms with E-state index in [1.165, 1.54) is 50.7 Å². The van der Waals surface area contributed by atoms with E-state index in [-0.39, 0.29) is 17.3 Å². The predicted molar refractivity (Wildman–Crippen MR) is 83.4 cm³/mol. The van der Waals surface area contributed by atoms with Crippen molar-refractivity contribution in [1.29, 1.82) is 0 Å². The zero-order valence-corrected chi connectivity index (χ0v) is 13.3. The third-order valence-corrected chi connectivity index (χ3v) is 5.63. The van der Waals surface area contributed by atoms with Crippen molar-refractivity contribution in [3.63, 3.8) is 0 Å². The first-order valence-corrected chi connectivity index (χ1v) is 8.32. The Morgan fingerprint density at radius 2 is 1.95 bits per heavy atom. The Hall–Kier alpha value is -0.800. The van der Waals surface area contributed by atoms with Crippen LogP contribution in [0.25, 0.3) is 0 Å². The van der Waals surface area contributed by atoms with Gasteiger partial charge in [0.1, 0.15) is 17.7 Å². The molecule has 0 radical (unpaired) electrons. The highest BCUT2D eigenvalue weighted by Gasteiger charge is 2.55. The fraction of sp³-hybridized carbons (Fsp3) is 0.647. The predicted octanol–water partition coefficient (Wildman–Crippen LogP) is 4.56. The number of benzene rings is 1. The fourth-order valence-electron chi connectivity index (χ4n) is 4.10. The molecule has 1 aromatic rings. The highest BCUT2D eigenvalue weighted by Crippen LogP contribution is 2.52. The molecule has 2 saturated carbocycles. The summed E-state index contributed by atoms with van der Waals surface area (Å²) in [5, 5.41) is 3.82. The van der Waals surface area contributed by atoms with Crippen molar-refractivity contribution >= 4 is 11.6 Å². The van der Waals surface area contributed by atoms with Crippen LogP contribution in [0.15, 0.2) is 18.2 Å². The van der Waals surface area contributed by atoms with Crippen LogP contribution in [0, 0.1) is 11.2 Å². The SMILES string of the molecule is CNC1CC(Oc2ccc(F)cc2Cl)C12CCCCCC2. The second kappa shape index (κ2) is 6.13. The van der Waals surface area contributed by atoms with E-state index in [1.54, 1.807) is 6.07 Å². The topological polar surface area (TPSA) is 21.3 Å². The largest absolute Gasteiger partial charge is 0.488 e. The highest BCUT2D eigenvalue weighted by molar-refractivity contribution is 6.32. The molecule has 2 fully saturated rings. The molecule has 0 saturated heterocycles. The standard InChI is InChI=1S/C17H23ClFNO/c1-20-15-11-16(17(15)8-4-2-3-5-9-17)21-14-7-6-12(19)10-13(14)18/h6-7,10,15-16,20H,2-5,8-9,11H2,1H3. The molecule has 2 atom stereocenters. The van der Waals surface area contributed by atoms with Gasteiger partial charge in [-0.05, 0) is 38.1 Å². The molecule has 21 heavy (non-hydrogen) atoms. The van der Waals surface area contributed by atoms with Gasteiger partial charge >= 0.3 is 0 Å². The van der Waals surface area contributed by atoms with Gasteiger partial charge in [-0.3, -0.25) is 0 Å². The Kier molecular flexibility index (Phi) is 4.41. The van der Waals surface area contributed by atoms with Gasteiger partial charge in [0, 0.05) is 17.9 Å². The number of nitrogens with one attached hydrogen (secondary N) is 1. The Labute approximate surface area is 131 Å². The van der Waals surface area contributed by atoms with Crippen molar-refractivity contribution in [2.45, 2.75) is 57.1 Å². The van der Waals surface area contributed by atoms with Gasteiger partial charge in [-0.25, -0.2) is 4.39 Å². The molecule has 1 aromatic carbocycles. The third kappa shape index (κ3) is 2.78. The van der Waals surface area contributed by atoms with Crippen molar-refractivity contribution in [2.24, 2.45) is 5.41 Å². The van der Waals surface area contributed by atoms with Gasteiger partial charge < -0.3 is 10.1 Å². The van der Waals surface area contributed by atoms with Crippen LogP contribution >= 0.6 is 11.6 Å². The highest BCUT2D eigenvalue weighted by atomic mass is 35.5. The Balaban J connectivity index is 1.78. The summed E-state index contributed by atoms with van der Waals surface area (Å²) in [5.74, 6) is 0.291. The Morgan fingerprint density at radius 1 is 1.24 bits per heavy atom. The average molecular weight is 312 g/mol. The van der Waals surface area contributed by atoms with Crippen LogP contribution in [0.5, 0.6) is 5.75 Å². The maximum atomic E-state index is 13.1. The summed E-state index contributed by atoms with van der Waals surface area (Å²) in [7, 11) is 2.04. The lowest BCUT2D eigenvalue weighted by Crippen LogP contribution is -2.64. The molecule has 2 aliphatic carbocycles. The first kappa shape index (κ1) is 15.1. The van der Waals surface area contributed by atoms with Crippen molar-refractivity contribution < 1.29 is 9.13 Å².